The molecule has 17 N–H and O–H groups in total. The quantitative estimate of drug-likeness (QED) is 0.0271. The van der Waals surface area contributed by atoms with Crippen LogP contribution >= 0.6 is 0 Å². The molecule has 0 spiro atoms. The average molecular weight is 1030 g/mol. The lowest BCUT2D eigenvalue weighted by atomic mass is 9.87. The molecular weight excluding hydrogens is 949 g/mol. The van der Waals surface area contributed by atoms with E-state index >= 15 is 0 Å². The van der Waals surface area contributed by atoms with Crippen LogP contribution in [0.3, 0.4) is 0 Å². The minimum Gasteiger partial charge on any atom is -0.479 e. The lowest BCUT2D eigenvalue weighted by Crippen LogP contribution is -2.70. The Morgan fingerprint density at radius 2 is 1.23 bits per heavy atom. The maximum Gasteiger partial charge on any atom is 0.364 e. The number of carbonyl (C=O) groups excluding carboxylic acids is 2. The van der Waals surface area contributed by atoms with E-state index in [4.69, 9.17) is 29.4 Å². The first-order valence-corrected chi connectivity index (χ1v) is 24.6. The van der Waals surface area contributed by atoms with Crippen molar-refractivity contribution in [2.75, 3.05) is 32.9 Å². The van der Waals surface area contributed by atoms with Gasteiger partial charge in [0.05, 0.1) is 62.4 Å². The van der Waals surface area contributed by atoms with Crippen LogP contribution in [0.1, 0.15) is 118 Å². The summed E-state index contributed by atoms with van der Waals surface area (Å²) in [4.78, 5) is 62.9. The van der Waals surface area contributed by atoms with E-state index in [9.17, 15) is 85.3 Å². The van der Waals surface area contributed by atoms with Gasteiger partial charge in [-0.1, -0.05) is 78.6 Å². The van der Waals surface area contributed by atoms with E-state index in [1.54, 1.807) is 0 Å². The van der Waals surface area contributed by atoms with Gasteiger partial charge < -0.3 is 107 Å². The first kappa shape index (κ1) is 63.8. The Bertz CT molecular complexity index is 1620. The molecule has 2 heterocycles. The summed E-state index contributed by atoms with van der Waals surface area (Å²) in [6.07, 6.45) is -15.8. The van der Waals surface area contributed by atoms with Crippen molar-refractivity contribution in [3.63, 3.8) is 0 Å². The topological polar surface area (TPSA) is 436 Å². The zero-order valence-electron chi connectivity index (χ0n) is 41.1. The number of nitrogens with two attached hydrogens (primary N) is 1. The van der Waals surface area contributed by atoms with Crippen molar-refractivity contribution in [1.29, 1.82) is 0 Å². The lowest BCUT2D eigenvalue weighted by molar-refractivity contribution is -0.351. The molecule has 2 saturated heterocycles. The van der Waals surface area contributed by atoms with E-state index in [1.165, 1.54) is 46.0 Å². The van der Waals surface area contributed by atoms with Gasteiger partial charge in [-0.2, -0.15) is 0 Å². The SMILES string of the molecule is CCCCCCCCCCCCNCC(O)C1OC(OC(CO)C(O)C2OC(OC(CO)C(O)C(OC[C@H](O)C(=O)O)C(NC(=O)CC)C(C)O)(C(=O)O)CC(O)C2NC(=O)CC)(C(=O)O)CC(O)C1N. The number of hydrogen-bond acceptors (Lipinski definition) is 21. The second-order valence-electron chi connectivity index (χ2n) is 18.3. The van der Waals surface area contributed by atoms with E-state index in [0.29, 0.717) is 6.54 Å². The van der Waals surface area contributed by atoms with Gasteiger partial charge in [0.25, 0.3) is 11.6 Å². The number of carbonyl (C=O) groups is 5. The van der Waals surface area contributed by atoms with Crippen molar-refractivity contribution in [2.24, 2.45) is 5.73 Å². The van der Waals surface area contributed by atoms with Crippen molar-refractivity contribution < 1.29 is 109 Å². The van der Waals surface area contributed by atoms with Gasteiger partial charge in [-0.3, -0.25) is 9.59 Å². The summed E-state index contributed by atoms with van der Waals surface area (Å²) in [6, 6.07) is -4.83. The molecule has 0 radical (unpaired) electrons. The molecule has 0 aliphatic carbocycles. The second kappa shape index (κ2) is 31.4. The fourth-order valence-electron chi connectivity index (χ4n) is 8.45. The molecule has 26 nitrogen and oxygen atoms in total. The highest BCUT2D eigenvalue weighted by molar-refractivity contribution is 5.78. The fourth-order valence-corrected chi connectivity index (χ4v) is 8.45. The minimum absolute atomic E-state index is 0.165. The molecule has 71 heavy (non-hydrogen) atoms. The number of carboxylic acid groups (broad SMARTS) is 3. The van der Waals surface area contributed by atoms with Crippen LogP contribution in [0.15, 0.2) is 0 Å². The first-order valence-electron chi connectivity index (χ1n) is 24.6. The van der Waals surface area contributed by atoms with Gasteiger partial charge in [0, 0.05) is 32.2 Å². The predicted molar refractivity (Wildman–Crippen MR) is 246 cm³/mol. The minimum atomic E-state index is -3.25. The van der Waals surface area contributed by atoms with E-state index in [0.717, 1.165) is 39.0 Å². The molecule has 26 heteroatoms. The Morgan fingerprint density at radius 1 is 0.718 bits per heavy atom. The third-order valence-electron chi connectivity index (χ3n) is 12.7. The molecule has 2 rings (SSSR count). The maximum absolute atomic E-state index is 13.2. The van der Waals surface area contributed by atoms with Gasteiger partial charge in [-0.25, -0.2) is 14.4 Å². The van der Waals surface area contributed by atoms with Crippen molar-refractivity contribution in [2.45, 2.75) is 221 Å². The number of aliphatic carboxylic acids is 3. The van der Waals surface area contributed by atoms with Gasteiger partial charge in [0.1, 0.15) is 42.7 Å². The fraction of sp³-hybridized carbons (Fsp3) is 0.889. The number of rotatable bonds is 36. The molecule has 2 aliphatic rings. The maximum atomic E-state index is 13.2. The van der Waals surface area contributed by atoms with Crippen LogP contribution in [0.4, 0.5) is 0 Å². The van der Waals surface area contributed by atoms with Crippen LogP contribution < -0.4 is 21.7 Å². The highest BCUT2D eigenvalue weighted by Crippen LogP contribution is 2.38. The average Bonchev–Trinajstić information content (AvgIpc) is 3.33. The summed E-state index contributed by atoms with van der Waals surface area (Å²) in [5.74, 6) is -13.6. The number of unbranched alkanes of at least 4 members (excludes halogenated alkanes) is 9. The molecule has 2 amide bonds. The molecule has 0 aromatic rings. The predicted octanol–water partition coefficient (Wildman–Crippen LogP) is -3.48. The molecule has 414 valence electrons. The third-order valence-corrected chi connectivity index (χ3v) is 12.7. The van der Waals surface area contributed by atoms with Crippen molar-refractivity contribution >= 4 is 29.7 Å². The Balaban J connectivity index is 2.46. The smallest absolute Gasteiger partial charge is 0.364 e. The molecule has 0 saturated carbocycles. The summed E-state index contributed by atoms with van der Waals surface area (Å²) in [6.45, 7) is 2.70. The second-order valence-corrected chi connectivity index (χ2v) is 18.3. The number of amides is 2. The Morgan fingerprint density at radius 3 is 1.72 bits per heavy atom. The summed E-state index contributed by atoms with van der Waals surface area (Å²) >= 11 is 0. The zero-order chi connectivity index (χ0) is 53.6. The summed E-state index contributed by atoms with van der Waals surface area (Å²) in [7, 11) is 0. The van der Waals surface area contributed by atoms with Crippen molar-refractivity contribution in [3.8, 4) is 0 Å². The molecule has 16 unspecified atom stereocenters. The zero-order valence-corrected chi connectivity index (χ0v) is 41.1. The number of aliphatic hydroxyl groups is 9. The standard InChI is InChI=1S/C45H82N4O22/c1-5-8-9-10-11-12-13-14-15-16-17-47-20-27(55)38-33(46)25(53)18-44(70-38,42(63)64)69-30(22-51)37(60)40-35(49-32(58)7-3)26(54)19-45(71-40,43(65)66)68-29(21-50)36(59)39(67-23-28(56)41(61)62)34(24(4)52)48-31(57)6-2/h24-30,33-40,47,50-56,59-60H,5-23,46H2,1-4H3,(H,48,57)(H,49,58)(H,61,62)(H,63,64)(H,65,66)/t24?,25?,26?,27?,28-,29?,30?,33?,34?,35?,36?,37?,38?,39?,40?,44?,45?/m0/s1. The van der Waals surface area contributed by atoms with Crippen LogP contribution in [-0.4, -0.2) is 227 Å². The van der Waals surface area contributed by atoms with Crippen LogP contribution in [-0.2, 0) is 47.7 Å². The molecule has 0 aromatic carbocycles. The molecule has 2 aliphatic heterocycles. The third kappa shape index (κ3) is 18.9. The normalized spacial score (nSPS) is 28.6. The van der Waals surface area contributed by atoms with Crippen LogP contribution in [0, 0.1) is 0 Å². The highest BCUT2D eigenvalue weighted by Gasteiger charge is 2.60. The van der Waals surface area contributed by atoms with E-state index in [-0.39, 0.29) is 19.4 Å². The van der Waals surface area contributed by atoms with Crippen molar-refractivity contribution in [3.05, 3.63) is 0 Å². The number of nitrogens with one attached hydrogen (secondary N) is 3. The molecular formula is C45H82N4O22. The molecule has 17 atom stereocenters. The number of aliphatic hydroxyl groups excluding tert-OH is 9. The summed E-state index contributed by atoms with van der Waals surface area (Å²) < 4.78 is 28.5. The van der Waals surface area contributed by atoms with Crippen LogP contribution in [0.5, 0.6) is 0 Å². The largest absolute Gasteiger partial charge is 0.479 e. The Labute approximate surface area is 413 Å². The van der Waals surface area contributed by atoms with Gasteiger partial charge in [0.15, 0.2) is 6.10 Å². The van der Waals surface area contributed by atoms with Gasteiger partial charge in [0.2, 0.25) is 11.8 Å². The summed E-state index contributed by atoms with van der Waals surface area (Å²) in [5.41, 5.74) is 6.19. The Hall–Kier alpha value is -3.29. The van der Waals surface area contributed by atoms with Crippen LogP contribution in [0.2, 0.25) is 0 Å². The highest BCUT2D eigenvalue weighted by atomic mass is 16.8. The van der Waals surface area contributed by atoms with Crippen molar-refractivity contribution in [1.82, 2.24) is 16.0 Å². The Kier molecular flexibility index (Phi) is 28.3. The van der Waals surface area contributed by atoms with Gasteiger partial charge in [-0.15, -0.1) is 0 Å². The monoisotopic (exact) mass is 1030 g/mol. The lowest BCUT2D eigenvalue weighted by Gasteiger charge is -2.49. The molecule has 2 fully saturated rings. The van der Waals surface area contributed by atoms with E-state index in [2.05, 4.69) is 22.9 Å². The number of carboxylic acids is 3. The molecule has 0 bridgehead atoms. The van der Waals surface area contributed by atoms with Gasteiger partial charge >= 0.3 is 17.9 Å². The first-order chi connectivity index (χ1) is 33.5. The summed E-state index contributed by atoms with van der Waals surface area (Å²) in [5, 5.41) is 137. The number of ether oxygens (including phenoxy) is 5. The number of hydrogen-bond donors (Lipinski definition) is 16. The van der Waals surface area contributed by atoms with E-state index in [1.807, 2.05) is 0 Å². The van der Waals surface area contributed by atoms with Gasteiger partial charge in [-0.05, 0) is 19.9 Å². The molecule has 0 aromatic heterocycles. The van der Waals surface area contributed by atoms with Crippen LogP contribution in [0.25, 0.3) is 0 Å². The van der Waals surface area contributed by atoms with E-state index < -0.39 is 165 Å².